The number of fused-ring (bicyclic) bond motifs is 1. The molecule has 0 bridgehead atoms. The standard InChI is InChI=1S/C24H23N3O2/c28-24-21-8-4-5-9-22(21)25-23(27(24)20-6-2-1-3-7-20)18-10-12-19(13-11-18)26-14-16-29-17-15-26/h1-13,23,25H,14-17H2/t23-/m0/s1. The summed E-state index contributed by atoms with van der Waals surface area (Å²) in [6.07, 6.45) is -0.265. The van der Waals surface area contributed by atoms with Crippen molar-refractivity contribution in [3.63, 3.8) is 0 Å². The summed E-state index contributed by atoms with van der Waals surface area (Å²) in [5, 5.41) is 3.56. The fraction of sp³-hybridized carbons (Fsp3) is 0.208. The number of benzene rings is 3. The third-order valence-electron chi connectivity index (χ3n) is 5.55. The number of rotatable bonds is 3. The van der Waals surface area contributed by atoms with Gasteiger partial charge < -0.3 is 15.0 Å². The lowest BCUT2D eigenvalue weighted by molar-refractivity contribution is 0.0975. The topological polar surface area (TPSA) is 44.8 Å². The van der Waals surface area contributed by atoms with Crippen LogP contribution in [-0.2, 0) is 4.74 Å². The number of anilines is 3. The van der Waals surface area contributed by atoms with Crippen LogP contribution in [0.3, 0.4) is 0 Å². The molecule has 0 radical (unpaired) electrons. The molecule has 1 atom stereocenters. The van der Waals surface area contributed by atoms with E-state index >= 15 is 0 Å². The number of ether oxygens (including phenoxy) is 1. The molecule has 5 nitrogen and oxygen atoms in total. The van der Waals surface area contributed by atoms with Gasteiger partial charge in [-0.25, -0.2) is 0 Å². The maximum atomic E-state index is 13.4. The van der Waals surface area contributed by atoms with Crippen molar-refractivity contribution < 1.29 is 9.53 Å². The van der Waals surface area contributed by atoms with E-state index in [4.69, 9.17) is 4.74 Å². The number of nitrogens with one attached hydrogen (secondary N) is 1. The normalized spacial score (nSPS) is 18.9. The Hall–Kier alpha value is -3.31. The number of amides is 1. The summed E-state index contributed by atoms with van der Waals surface area (Å²) < 4.78 is 5.45. The highest BCUT2D eigenvalue weighted by Crippen LogP contribution is 2.36. The maximum absolute atomic E-state index is 13.4. The van der Waals surface area contributed by atoms with Crippen molar-refractivity contribution in [3.05, 3.63) is 90.0 Å². The molecule has 146 valence electrons. The van der Waals surface area contributed by atoms with E-state index in [0.717, 1.165) is 43.2 Å². The van der Waals surface area contributed by atoms with Gasteiger partial charge in [0.05, 0.1) is 18.8 Å². The summed E-state index contributed by atoms with van der Waals surface area (Å²) in [5.41, 5.74) is 4.67. The monoisotopic (exact) mass is 385 g/mol. The van der Waals surface area contributed by atoms with E-state index in [2.05, 4.69) is 34.5 Å². The van der Waals surface area contributed by atoms with Gasteiger partial charge in [-0.05, 0) is 42.0 Å². The van der Waals surface area contributed by atoms with Crippen molar-refractivity contribution in [1.82, 2.24) is 0 Å². The molecular formula is C24H23N3O2. The molecule has 2 aliphatic rings. The first-order chi connectivity index (χ1) is 14.3. The van der Waals surface area contributed by atoms with Crippen LogP contribution in [0, 0.1) is 0 Å². The van der Waals surface area contributed by atoms with Crippen molar-refractivity contribution in [3.8, 4) is 0 Å². The van der Waals surface area contributed by atoms with E-state index in [-0.39, 0.29) is 12.1 Å². The van der Waals surface area contributed by atoms with Crippen LogP contribution in [0.1, 0.15) is 22.1 Å². The van der Waals surface area contributed by atoms with Crippen LogP contribution in [-0.4, -0.2) is 32.2 Å². The Kier molecular flexibility index (Phi) is 4.66. The van der Waals surface area contributed by atoms with E-state index in [1.54, 1.807) is 0 Å². The zero-order valence-corrected chi connectivity index (χ0v) is 16.1. The van der Waals surface area contributed by atoms with Crippen molar-refractivity contribution in [2.75, 3.05) is 41.4 Å². The predicted octanol–water partition coefficient (Wildman–Crippen LogP) is 4.29. The van der Waals surface area contributed by atoms with Crippen LogP contribution < -0.4 is 15.1 Å². The Balaban J connectivity index is 1.52. The number of hydrogen-bond acceptors (Lipinski definition) is 4. The molecule has 1 saturated heterocycles. The Morgan fingerprint density at radius 1 is 0.793 bits per heavy atom. The van der Waals surface area contributed by atoms with E-state index in [1.807, 2.05) is 59.5 Å². The SMILES string of the molecule is O=C1c2ccccc2N[C@H](c2ccc(N3CCOCC3)cc2)N1c1ccccc1. The number of nitrogens with zero attached hydrogens (tertiary/aromatic N) is 2. The first-order valence-corrected chi connectivity index (χ1v) is 9.98. The van der Waals surface area contributed by atoms with Crippen molar-refractivity contribution in [1.29, 1.82) is 0 Å². The highest BCUT2D eigenvalue weighted by atomic mass is 16.5. The molecule has 5 heteroatoms. The van der Waals surface area contributed by atoms with Crippen molar-refractivity contribution >= 4 is 23.0 Å². The third kappa shape index (κ3) is 3.34. The molecule has 29 heavy (non-hydrogen) atoms. The van der Waals surface area contributed by atoms with Gasteiger partial charge in [0.1, 0.15) is 6.17 Å². The fourth-order valence-corrected chi connectivity index (χ4v) is 4.03. The summed E-state index contributed by atoms with van der Waals surface area (Å²) in [7, 11) is 0. The molecule has 0 saturated carbocycles. The summed E-state index contributed by atoms with van der Waals surface area (Å²) in [6.45, 7) is 3.34. The van der Waals surface area contributed by atoms with Gasteiger partial charge in [0.2, 0.25) is 0 Å². The van der Waals surface area contributed by atoms with Gasteiger partial charge in [-0.3, -0.25) is 9.69 Å². The minimum atomic E-state index is -0.265. The third-order valence-corrected chi connectivity index (χ3v) is 5.55. The highest BCUT2D eigenvalue weighted by Gasteiger charge is 2.33. The maximum Gasteiger partial charge on any atom is 0.262 e. The number of morpholine rings is 1. The molecule has 1 fully saturated rings. The van der Waals surface area contributed by atoms with Crippen LogP contribution >= 0.6 is 0 Å². The summed E-state index contributed by atoms with van der Waals surface area (Å²) in [5.74, 6) is 0.00723. The van der Waals surface area contributed by atoms with Gasteiger partial charge >= 0.3 is 0 Å². The molecule has 5 rings (SSSR count). The number of carbonyl (C=O) groups is 1. The minimum absolute atomic E-state index is 0.00723. The Morgan fingerprint density at radius 3 is 2.24 bits per heavy atom. The highest BCUT2D eigenvalue weighted by molar-refractivity contribution is 6.12. The van der Waals surface area contributed by atoms with Crippen molar-refractivity contribution in [2.45, 2.75) is 6.17 Å². The second kappa shape index (κ2) is 7.60. The molecule has 2 heterocycles. The summed E-state index contributed by atoms with van der Waals surface area (Å²) in [4.78, 5) is 17.5. The molecular weight excluding hydrogens is 362 g/mol. The molecule has 0 aromatic heterocycles. The van der Waals surface area contributed by atoms with E-state index in [1.165, 1.54) is 5.69 Å². The van der Waals surface area contributed by atoms with Crippen LogP contribution in [0.5, 0.6) is 0 Å². The predicted molar refractivity (Wildman–Crippen MR) is 116 cm³/mol. The van der Waals surface area contributed by atoms with Gasteiger partial charge in [-0.15, -0.1) is 0 Å². The summed E-state index contributed by atoms with van der Waals surface area (Å²) >= 11 is 0. The lowest BCUT2D eigenvalue weighted by Crippen LogP contribution is -2.43. The van der Waals surface area contributed by atoms with E-state index < -0.39 is 0 Å². The lowest BCUT2D eigenvalue weighted by atomic mass is 10.0. The largest absolute Gasteiger partial charge is 0.378 e. The van der Waals surface area contributed by atoms with E-state index in [0.29, 0.717) is 5.56 Å². The molecule has 0 aliphatic carbocycles. The molecule has 1 amide bonds. The second-order valence-corrected chi connectivity index (χ2v) is 7.29. The van der Waals surface area contributed by atoms with Crippen LogP contribution in [0.15, 0.2) is 78.9 Å². The van der Waals surface area contributed by atoms with Crippen LogP contribution in [0.2, 0.25) is 0 Å². The zero-order chi connectivity index (χ0) is 19.6. The fourth-order valence-electron chi connectivity index (χ4n) is 4.03. The Bertz CT molecular complexity index is 998. The second-order valence-electron chi connectivity index (χ2n) is 7.29. The molecule has 3 aromatic carbocycles. The van der Waals surface area contributed by atoms with Gasteiger partial charge in [0.25, 0.3) is 5.91 Å². The molecule has 1 N–H and O–H groups in total. The number of para-hydroxylation sites is 2. The molecule has 0 unspecified atom stereocenters. The van der Waals surface area contributed by atoms with Crippen LogP contribution in [0.25, 0.3) is 0 Å². The number of hydrogen-bond donors (Lipinski definition) is 1. The zero-order valence-electron chi connectivity index (χ0n) is 16.1. The lowest BCUT2D eigenvalue weighted by Gasteiger charge is -2.38. The number of carbonyl (C=O) groups excluding carboxylic acids is 1. The van der Waals surface area contributed by atoms with Crippen LogP contribution in [0.4, 0.5) is 17.1 Å². The average molecular weight is 385 g/mol. The summed E-state index contributed by atoms with van der Waals surface area (Å²) in [6, 6.07) is 26.0. The Labute approximate surface area is 170 Å². The van der Waals surface area contributed by atoms with Gasteiger partial charge in [0, 0.05) is 30.2 Å². The molecule has 0 spiro atoms. The Morgan fingerprint density at radius 2 is 1.48 bits per heavy atom. The van der Waals surface area contributed by atoms with Gasteiger partial charge in [-0.1, -0.05) is 42.5 Å². The van der Waals surface area contributed by atoms with Crippen molar-refractivity contribution in [2.24, 2.45) is 0 Å². The smallest absolute Gasteiger partial charge is 0.262 e. The van der Waals surface area contributed by atoms with Gasteiger partial charge in [0.15, 0.2) is 0 Å². The quantitative estimate of drug-likeness (QED) is 0.730. The van der Waals surface area contributed by atoms with Gasteiger partial charge in [-0.2, -0.15) is 0 Å². The molecule has 2 aliphatic heterocycles. The first-order valence-electron chi connectivity index (χ1n) is 9.98. The average Bonchev–Trinajstić information content (AvgIpc) is 2.80. The molecule has 3 aromatic rings. The minimum Gasteiger partial charge on any atom is -0.378 e. The first kappa shape index (κ1) is 17.8. The van der Waals surface area contributed by atoms with E-state index in [9.17, 15) is 4.79 Å².